The van der Waals surface area contributed by atoms with Gasteiger partial charge in [-0.3, -0.25) is 9.48 Å². The summed E-state index contributed by atoms with van der Waals surface area (Å²) in [7, 11) is 2.03. The maximum absolute atomic E-state index is 11.5. The average molecular weight is 239 g/mol. The van der Waals surface area contributed by atoms with Crippen molar-refractivity contribution >= 4 is 11.6 Å². The van der Waals surface area contributed by atoms with Crippen LogP contribution in [-0.2, 0) is 11.3 Å². The monoisotopic (exact) mass is 239 g/mol. The highest BCUT2D eigenvalue weighted by Gasteiger charge is 2.05. The van der Waals surface area contributed by atoms with E-state index in [9.17, 15) is 4.79 Å². The van der Waals surface area contributed by atoms with E-state index < -0.39 is 0 Å². The fraction of sp³-hybridized carbons (Fsp3) is 0.636. The zero-order chi connectivity index (χ0) is 12.8. The number of nitrogen functional groups attached to an aromatic ring is 1. The van der Waals surface area contributed by atoms with Gasteiger partial charge < -0.3 is 16.0 Å². The number of nitrogens with two attached hydrogens (primary N) is 1. The third kappa shape index (κ3) is 4.86. The average Bonchev–Trinajstić information content (AvgIpc) is 2.63. The Morgan fingerprint density at radius 2 is 2.35 bits per heavy atom. The Hall–Kier alpha value is -1.56. The first-order chi connectivity index (χ1) is 7.99. The Labute approximate surface area is 102 Å². The standard InChI is InChI=1S/C11H21N5O/c1-9(2)15(3)5-4-13-11(17)8-16-7-10(12)6-14-16/h6-7,9H,4-5,8,12H2,1-3H3,(H,13,17). The van der Waals surface area contributed by atoms with E-state index in [2.05, 4.69) is 29.2 Å². The molecule has 6 heteroatoms. The van der Waals surface area contributed by atoms with Crippen molar-refractivity contribution in [2.45, 2.75) is 26.4 Å². The Morgan fingerprint density at radius 3 is 2.88 bits per heavy atom. The van der Waals surface area contributed by atoms with Gasteiger partial charge in [-0.05, 0) is 20.9 Å². The number of nitrogens with one attached hydrogen (secondary N) is 1. The first kappa shape index (κ1) is 13.5. The molecule has 0 saturated heterocycles. The van der Waals surface area contributed by atoms with Gasteiger partial charge in [-0.2, -0.15) is 5.10 Å². The van der Waals surface area contributed by atoms with Gasteiger partial charge in [0.2, 0.25) is 5.91 Å². The molecule has 3 N–H and O–H groups in total. The number of anilines is 1. The lowest BCUT2D eigenvalue weighted by molar-refractivity contribution is -0.121. The molecule has 17 heavy (non-hydrogen) atoms. The predicted octanol–water partition coefficient (Wildman–Crippen LogP) is -0.0783. The van der Waals surface area contributed by atoms with Crippen molar-refractivity contribution in [3.05, 3.63) is 12.4 Å². The summed E-state index contributed by atoms with van der Waals surface area (Å²) in [6.07, 6.45) is 3.17. The number of hydrogen-bond donors (Lipinski definition) is 2. The molecule has 0 aromatic carbocycles. The van der Waals surface area contributed by atoms with Crippen LogP contribution in [0.3, 0.4) is 0 Å². The lowest BCUT2D eigenvalue weighted by Gasteiger charge is -2.20. The molecule has 0 bridgehead atoms. The van der Waals surface area contributed by atoms with Crippen LogP contribution in [0, 0.1) is 0 Å². The summed E-state index contributed by atoms with van der Waals surface area (Å²) in [6.45, 7) is 5.93. The maximum Gasteiger partial charge on any atom is 0.241 e. The van der Waals surface area contributed by atoms with E-state index in [0.717, 1.165) is 6.54 Å². The molecule has 1 aromatic rings. The van der Waals surface area contributed by atoms with Crippen LogP contribution >= 0.6 is 0 Å². The molecule has 0 spiro atoms. The second-order valence-electron chi connectivity index (χ2n) is 4.40. The van der Waals surface area contributed by atoms with Crippen molar-refractivity contribution in [2.24, 2.45) is 0 Å². The van der Waals surface area contributed by atoms with Crippen LogP contribution in [0.25, 0.3) is 0 Å². The third-order valence-corrected chi connectivity index (χ3v) is 2.63. The van der Waals surface area contributed by atoms with Gasteiger partial charge in [-0.1, -0.05) is 0 Å². The summed E-state index contributed by atoms with van der Waals surface area (Å²) in [5, 5.41) is 6.79. The number of carbonyl (C=O) groups is 1. The zero-order valence-corrected chi connectivity index (χ0v) is 10.7. The first-order valence-corrected chi connectivity index (χ1v) is 5.74. The molecule has 0 saturated carbocycles. The van der Waals surface area contributed by atoms with Crippen LogP contribution in [0.15, 0.2) is 12.4 Å². The number of nitrogens with zero attached hydrogens (tertiary/aromatic N) is 3. The minimum absolute atomic E-state index is 0.0507. The molecule has 0 radical (unpaired) electrons. The van der Waals surface area contributed by atoms with Crippen molar-refractivity contribution in [1.82, 2.24) is 20.0 Å². The molecule has 0 aliphatic rings. The second-order valence-corrected chi connectivity index (χ2v) is 4.40. The van der Waals surface area contributed by atoms with E-state index in [1.165, 1.54) is 10.9 Å². The van der Waals surface area contributed by atoms with Crippen molar-refractivity contribution < 1.29 is 4.79 Å². The Kier molecular flexibility index (Phi) is 4.96. The molecule has 6 nitrogen and oxygen atoms in total. The van der Waals surface area contributed by atoms with Crippen LogP contribution in [0.4, 0.5) is 5.69 Å². The van der Waals surface area contributed by atoms with E-state index in [4.69, 9.17) is 5.73 Å². The molecule has 0 fully saturated rings. The quantitative estimate of drug-likeness (QED) is 0.728. The van der Waals surface area contributed by atoms with E-state index in [1.54, 1.807) is 6.20 Å². The van der Waals surface area contributed by atoms with Crippen molar-refractivity contribution in [3.63, 3.8) is 0 Å². The Balaban J connectivity index is 2.22. The van der Waals surface area contributed by atoms with Crippen molar-refractivity contribution in [1.29, 1.82) is 0 Å². The minimum Gasteiger partial charge on any atom is -0.396 e. The summed E-state index contributed by atoms with van der Waals surface area (Å²) in [5.74, 6) is -0.0507. The molecule has 0 aliphatic carbocycles. The number of likely N-dealkylation sites (N-methyl/N-ethyl adjacent to an activating group) is 1. The Bertz CT molecular complexity index is 360. The van der Waals surface area contributed by atoms with Crippen LogP contribution in [-0.4, -0.2) is 46.8 Å². The highest BCUT2D eigenvalue weighted by atomic mass is 16.2. The predicted molar refractivity (Wildman–Crippen MR) is 67.4 cm³/mol. The number of rotatable bonds is 6. The summed E-state index contributed by atoms with van der Waals surface area (Å²) >= 11 is 0. The van der Waals surface area contributed by atoms with Gasteiger partial charge >= 0.3 is 0 Å². The fourth-order valence-electron chi connectivity index (χ4n) is 1.30. The normalized spacial score (nSPS) is 11.1. The largest absolute Gasteiger partial charge is 0.396 e. The Morgan fingerprint density at radius 1 is 1.65 bits per heavy atom. The number of aromatic nitrogens is 2. The first-order valence-electron chi connectivity index (χ1n) is 5.74. The van der Waals surface area contributed by atoms with Crippen LogP contribution in [0.2, 0.25) is 0 Å². The summed E-state index contributed by atoms with van der Waals surface area (Å²) in [6, 6.07) is 0.484. The molecular weight excluding hydrogens is 218 g/mol. The van der Waals surface area contributed by atoms with E-state index >= 15 is 0 Å². The topological polar surface area (TPSA) is 76.2 Å². The molecule has 1 aromatic heterocycles. The number of amides is 1. The minimum atomic E-state index is -0.0507. The lowest BCUT2D eigenvalue weighted by atomic mass is 10.3. The highest BCUT2D eigenvalue weighted by molar-refractivity contribution is 5.75. The number of hydrogen-bond acceptors (Lipinski definition) is 4. The van der Waals surface area contributed by atoms with Crippen LogP contribution in [0.1, 0.15) is 13.8 Å². The van der Waals surface area contributed by atoms with E-state index in [1.807, 2.05) is 7.05 Å². The maximum atomic E-state index is 11.5. The van der Waals surface area contributed by atoms with Gasteiger partial charge in [0.1, 0.15) is 6.54 Å². The second kappa shape index (κ2) is 6.24. The highest BCUT2D eigenvalue weighted by Crippen LogP contribution is 1.97. The zero-order valence-electron chi connectivity index (χ0n) is 10.7. The third-order valence-electron chi connectivity index (χ3n) is 2.63. The van der Waals surface area contributed by atoms with E-state index in [0.29, 0.717) is 18.3 Å². The van der Waals surface area contributed by atoms with Gasteiger partial charge in [-0.25, -0.2) is 0 Å². The molecule has 1 rings (SSSR count). The number of carbonyl (C=O) groups excluding carboxylic acids is 1. The molecule has 1 heterocycles. The fourth-order valence-corrected chi connectivity index (χ4v) is 1.30. The SMILES string of the molecule is CC(C)N(C)CCNC(=O)Cn1cc(N)cn1. The summed E-state index contributed by atoms with van der Waals surface area (Å²) in [4.78, 5) is 13.7. The lowest BCUT2D eigenvalue weighted by Crippen LogP contribution is -2.37. The van der Waals surface area contributed by atoms with Gasteiger partial charge in [0.15, 0.2) is 0 Å². The van der Waals surface area contributed by atoms with Gasteiger partial charge in [0.05, 0.1) is 11.9 Å². The smallest absolute Gasteiger partial charge is 0.241 e. The molecule has 96 valence electrons. The van der Waals surface area contributed by atoms with Gasteiger partial charge in [0.25, 0.3) is 0 Å². The van der Waals surface area contributed by atoms with Crippen LogP contribution in [0.5, 0.6) is 0 Å². The van der Waals surface area contributed by atoms with Crippen molar-refractivity contribution in [3.8, 4) is 0 Å². The molecule has 0 aliphatic heterocycles. The molecule has 0 unspecified atom stereocenters. The molecular formula is C11H21N5O. The van der Waals surface area contributed by atoms with Crippen molar-refractivity contribution in [2.75, 3.05) is 25.9 Å². The summed E-state index contributed by atoms with van der Waals surface area (Å²) < 4.78 is 1.52. The molecule has 1 amide bonds. The summed E-state index contributed by atoms with van der Waals surface area (Å²) in [5.41, 5.74) is 6.07. The van der Waals surface area contributed by atoms with Gasteiger partial charge in [-0.15, -0.1) is 0 Å². The van der Waals surface area contributed by atoms with E-state index in [-0.39, 0.29) is 12.5 Å². The van der Waals surface area contributed by atoms with Gasteiger partial charge in [0, 0.05) is 25.3 Å². The molecule has 0 atom stereocenters. The van der Waals surface area contributed by atoms with Crippen LogP contribution < -0.4 is 11.1 Å².